The molecule has 8 nitrogen and oxygen atoms in total. The lowest BCUT2D eigenvalue weighted by Crippen LogP contribution is -2.34. The van der Waals surface area contributed by atoms with Crippen molar-refractivity contribution in [2.75, 3.05) is 27.9 Å². The highest BCUT2D eigenvalue weighted by molar-refractivity contribution is 5.94. The molecule has 0 bridgehead atoms. The van der Waals surface area contributed by atoms with Gasteiger partial charge in [0.1, 0.15) is 0 Å². The van der Waals surface area contributed by atoms with Crippen molar-refractivity contribution in [2.24, 2.45) is 5.10 Å². The molecule has 0 aromatic heterocycles. The Bertz CT molecular complexity index is 654. The summed E-state index contributed by atoms with van der Waals surface area (Å²) in [4.78, 5) is 23.2. The van der Waals surface area contributed by atoms with Crippen LogP contribution in [0.5, 0.6) is 17.2 Å². The van der Waals surface area contributed by atoms with Gasteiger partial charge in [-0.3, -0.25) is 9.59 Å². The Hall–Kier alpha value is -3.03. The average molecular weight is 349 g/mol. The molecule has 0 fully saturated rings. The molecule has 0 aliphatic heterocycles. The Kier molecular flexibility index (Phi) is 7.98. The number of nitrogens with zero attached hydrogens (tertiary/aromatic N) is 1. The van der Waals surface area contributed by atoms with E-state index in [1.807, 2.05) is 0 Å². The fourth-order valence-corrected chi connectivity index (χ4v) is 1.81. The Balaban J connectivity index is 2.73. The lowest BCUT2D eigenvalue weighted by atomic mass is 10.1. The summed E-state index contributed by atoms with van der Waals surface area (Å²) in [5.41, 5.74) is 3.71. The molecule has 0 aliphatic carbocycles. The van der Waals surface area contributed by atoms with E-state index in [9.17, 15) is 9.59 Å². The van der Waals surface area contributed by atoms with E-state index in [-0.39, 0.29) is 6.54 Å². The van der Waals surface area contributed by atoms with Crippen LogP contribution in [0.2, 0.25) is 0 Å². The number of ether oxygens (including phenoxy) is 3. The summed E-state index contributed by atoms with van der Waals surface area (Å²) >= 11 is 0. The zero-order valence-electron chi connectivity index (χ0n) is 15.0. The van der Waals surface area contributed by atoms with Gasteiger partial charge in [-0.1, -0.05) is 0 Å². The second-order valence-electron chi connectivity index (χ2n) is 5.10. The van der Waals surface area contributed by atoms with Gasteiger partial charge in [-0.05, 0) is 37.6 Å². The highest BCUT2D eigenvalue weighted by Crippen LogP contribution is 2.38. The second kappa shape index (κ2) is 9.96. The number of rotatable bonds is 8. The van der Waals surface area contributed by atoms with E-state index < -0.39 is 11.8 Å². The van der Waals surface area contributed by atoms with Crippen LogP contribution in [0.1, 0.15) is 19.4 Å². The number of carbonyl (C=O) groups is 2. The van der Waals surface area contributed by atoms with Gasteiger partial charge in [0.25, 0.3) is 5.91 Å². The van der Waals surface area contributed by atoms with E-state index >= 15 is 0 Å². The molecule has 1 rings (SSSR count). The van der Waals surface area contributed by atoms with Gasteiger partial charge >= 0.3 is 0 Å². The van der Waals surface area contributed by atoms with Crippen LogP contribution in [0.25, 0.3) is 6.08 Å². The van der Waals surface area contributed by atoms with Gasteiger partial charge in [0.2, 0.25) is 11.7 Å². The fourth-order valence-electron chi connectivity index (χ4n) is 1.81. The van der Waals surface area contributed by atoms with E-state index in [4.69, 9.17) is 14.2 Å². The van der Waals surface area contributed by atoms with Crippen LogP contribution in [-0.4, -0.2) is 45.4 Å². The fraction of sp³-hybridized carbons (Fsp3) is 0.353. The summed E-state index contributed by atoms with van der Waals surface area (Å²) in [7, 11) is 4.53. The van der Waals surface area contributed by atoms with Crippen LogP contribution in [-0.2, 0) is 9.59 Å². The molecular formula is C17H23N3O5. The lowest BCUT2D eigenvalue weighted by Gasteiger charge is -2.12. The Morgan fingerprint density at radius 3 is 2.16 bits per heavy atom. The van der Waals surface area contributed by atoms with E-state index in [0.717, 1.165) is 0 Å². The van der Waals surface area contributed by atoms with E-state index in [1.165, 1.54) is 27.4 Å². The maximum Gasteiger partial charge on any atom is 0.259 e. The van der Waals surface area contributed by atoms with Crippen LogP contribution in [0, 0.1) is 0 Å². The molecule has 0 unspecified atom stereocenters. The highest BCUT2D eigenvalue weighted by atomic mass is 16.5. The van der Waals surface area contributed by atoms with Crippen molar-refractivity contribution in [1.82, 2.24) is 10.7 Å². The first kappa shape index (κ1) is 20.0. The van der Waals surface area contributed by atoms with Gasteiger partial charge in [0.05, 0.1) is 27.9 Å². The average Bonchev–Trinajstić information content (AvgIpc) is 2.61. The van der Waals surface area contributed by atoms with Crippen molar-refractivity contribution >= 4 is 23.6 Å². The van der Waals surface area contributed by atoms with Gasteiger partial charge in [0, 0.05) is 11.8 Å². The van der Waals surface area contributed by atoms with Crippen molar-refractivity contribution in [1.29, 1.82) is 0 Å². The number of carbonyl (C=O) groups excluding carboxylic acids is 2. The molecule has 1 aromatic carbocycles. The molecule has 2 amide bonds. The summed E-state index contributed by atoms with van der Waals surface area (Å²) in [6.07, 6.45) is 2.88. The van der Waals surface area contributed by atoms with E-state index in [2.05, 4.69) is 15.8 Å². The summed E-state index contributed by atoms with van der Waals surface area (Å²) in [5.74, 6) is 0.607. The molecular weight excluding hydrogens is 326 g/mol. The first-order valence-electron chi connectivity index (χ1n) is 7.47. The molecule has 136 valence electrons. The minimum Gasteiger partial charge on any atom is -0.493 e. The van der Waals surface area contributed by atoms with Crippen molar-refractivity contribution in [3.63, 3.8) is 0 Å². The molecule has 0 atom stereocenters. The predicted octanol–water partition coefficient (Wildman–Crippen LogP) is 1.35. The molecule has 2 N–H and O–H groups in total. The molecule has 0 spiro atoms. The molecule has 0 radical (unpaired) electrons. The largest absolute Gasteiger partial charge is 0.493 e. The Morgan fingerprint density at radius 2 is 1.68 bits per heavy atom. The summed E-state index contributed by atoms with van der Waals surface area (Å²) in [6.45, 7) is 3.33. The number of hydrogen-bond acceptors (Lipinski definition) is 6. The number of hydrazone groups is 1. The van der Waals surface area contributed by atoms with Crippen LogP contribution in [0.15, 0.2) is 23.3 Å². The van der Waals surface area contributed by atoms with Gasteiger partial charge < -0.3 is 19.5 Å². The molecule has 0 saturated carbocycles. The van der Waals surface area contributed by atoms with Crippen molar-refractivity contribution in [2.45, 2.75) is 13.8 Å². The normalized spacial score (nSPS) is 10.1. The van der Waals surface area contributed by atoms with E-state index in [0.29, 0.717) is 28.5 Å². The Labute approximate surface area is 146 Å². The summed E-state index contributed by atoms with van der Waals surface area (Å²) in [6, 6.07) is 3.41. The lowest BCUT2D eigenvalue weighted by molar-refractivity contribution is -0.123. The second-order valence-corrected chi connectivity index (χ2v) is 5.10. The summed E-state index contributed by atoms with van der Waals surface area (Å²) < 4.78 is 15.7. The zero-order valence-corrected chi connectivity index (χ0v) is 15.0. The molecule has 0 saturated heterocycles. The highest BCUT2D eigenvalue weighted by Gasteiger charge is 2.12. The standard InChI is InChI=1S/C17H23N3O5/c1-11(2)19-20-16(22)10-18-15(21)7-6-12-8-13(23-3)17(25-5)14(9-12)24-4/h6-9H,10H2,1-5H3,(H,18,21)(H,20,22). The predicted molar refractivity (Wildman–Crippen MR) is 95.1 cm³/mol. The molecule has 0 aliphatic rings. The van der Waals surface area contributed by atoms with Gasteiger partial charge in [0.15, 0.2) is 11.5 Å². The van der Waals surface area contributed by atoms with Crippen LogP contribution >= 0.6 is 0 Å². The Morgan fingerprint density at radius 1 is 1.08 bits per heavy atom. The number of benzene rings is 1. The van der Waals surface area contributed by atoms with Crippen LogP contribution in [0.3, 0.4) is 0 Å². The monoisotopic (exact) mass is 349 g/mol. The maximum atomic E-state index is 11.8. The SMILES string of the molecule is COc1cc(C=CC(=O)NCC(=O)NN=C(C)C)cc(OC)c1OC. The smallest absolute Gasteiger partial charge is 0.259 e. The van der Waals surface area contributed by atoms with Crippen LogP contribution in [0.4, 0.5) is 0 Å². The van der Waals surface area contributed by atoms with Crippen LogP contribution < -0.4 is 25.0 Å². The number of methoxy groups -OCH3 is 3. The minimum atomic E-state index is -0.416. The number of hydrogen-bond donors (Lipinski definition) is 2. The van der Waals surface area contributed by atoms with Crippen molar-refractivity contribution < 1.29 is 23.8 Å². The van der Waals surface area contributed by atoms with Gasteiger partial charge in [-0.15, -0.1) is 0 Å². The molecule has 8 heteroatoms. The van der Waals surface area contributed by atoms with Crippen molar-refractivity contribution in [3.8, 4) is 17.2 Å². The third-order valence-electron chi connectivity index (χ3n) is 2.94. The summed E-state index contributed by atoms with van der Waals surface area (Å²) in [5, 5.41) is 6.22. The molecule has 1 aromatic rings. The molecule has 0 heterocycles. The number of amides is 2. The van der Waals surface area contributed by atoms with Crippen molar-refractivity contribution in [3.05, 3.63) is 23.8 Å². The quantitative estimate of drug-likeness (QED) is 0.419. The maximum absolute atomic E-state index is 11.8. The third kappa shape index (κ3) is 6.54. The molecule has 25 heavy (non-hydrogen) atoms. The van der Waals surface area contributed by atoms with E-state index in [1.54, 1.807) is 32.1 Å². The topological polar surface area (TPSA) is 98.2 Å². The van der Waals surface area contributed by atoms with Gasteiger partial charge in [-0.2, -0.15) is 5.10 Å². The number of nitrogens with one attached hydrogen (secondary N) is 2. The first-order valence-corrected chi connectivity index (χ1v) is 7.47. The van der Waals surface area contributed by atoms with Gasteiger partial charge in [-0.25, -0.2) is 5.43 Å². The zero-order chi connectivity index (χ0) is 18.8. The first-order chi connectivity index (χ1) is 11.9. The third-order valence-corrected chi connectivity index (χ3v) is 2.94. The minimum absolute atomic E-state index is 0.171.